The number of carbonyl (C=O) groups excluding carboxylic acids is 2. The number of ketones is 1. The fourth-order valence-electron chi connectivity index (χ4n) is 3.87. The molecule has 0 unspecified atom stereocenters. The lowest BCUT2D eigenvalue weighted by molar-refractivity contribution is -0.136. The van der Waals surface area contributed by atoms with Crippen LogP contribution in [-0.2, 0) is 14.3 Å². The molecule has 1 aromatic rings. The lowest BCUT2D eigenvalue weighted by atomic mass is 9.75. The second-order valence-electron chi connectivity index (χ2n) is 6.71. The second kappa shape index (κ2) is 8.27. The number of Topliss-reactive ketones (excluding diaryl/α,β-unsaturated/α-hetero) is 1. The highest BCUT2D eigenvalue weighted by molar-refractivity contribution is 6.32. The number of allylic oxidation sites excluding steroid dienone is 3. The maximum atomic E-state index is 12.8. The van der Waals surface area contributed by atoms with Crippen LogP contribution in [0, 0.1) is 0 Å². The van der Waals surface area contributed by atoms with Crippen LogP contribution in [0.2, 0.25) is 5.02 Å². The molecule has 0 spiro atoms. The number of rotatable bonds is 5. The molecule has 0 saturated heterocycles. The predicted molar refractivity (Wildman–Crippen MR) is 106 cm³/mol. The molecule has 0 bridgehead atoms. The molecule has 3 rings (SSSR count). The van der Waals surface area contributed by atoms with Crippen molar-refractivity contribution < 1.29 is 23.8 Å². The van der Waals surface area contributed by atoms with Gasteiger partial charge in [0.1, 0.15) is 0 Å². The van der Waals surface area contributed by atoms with Crippen molar-refractivity contribution in [1.29, 1.82) is 0 Å². The molecule has 0 amide bonds. The molecule has 2 aliphatic rings. The predicted octanol–water partition coefficient (Wildman–Crippen LogP) is 3.89. The molecular formula is C21H24ClNO5. The van der Waals surface area contributed by atoms with Crippen LogP contribution in [0.5, 0.6) is 11.5 Å². The Hall–Kier alpha value is -2.47. The number of hydrogen-bond acceptors (Lipinski definition) is 6. The van der Waals surface area contributed by atoms with E-state index in [1.165, 1.54) is 14.2 Å². The zero-order valence-corrected chi connectivity index (χ0v) is 17.2. The topological polar surface area (TPSA) is 73.9 Å². The van der Waals surface area contributed by atoms with Gasteiger partial charge in [0.2, 0.25) is 0 Å². The standard InChI is InChI=1S/C21H24ClNO5/c1-5-28-17-9-12(13(22)10-16(17)26-3)19-18(21(25)27-4)11(2)23-14-7-6-8-15(24)20(14)19/h9-10,19,23H,5-8H2,1-4H3/t19-/m0/s1. The third-order valence-corrected chi connectivity index (χ3v) is 5.40. The lowest BCUT2D eigenvalue weighted by Crippen LogP contribution is -2.34. The van der Waals surface area contributed by atoms with Crippen LogP contribution < -0.4 is 14.8 Å². The highest BCUT2D eigenvalue weighted by Crippen LogP contribution is 2.47. The first-order valence-corrected chi connectivity index (χ1v) is 9.63. The summed E-state index contributed by atoms with van der Waals surface area (Å²) in [5.41, 5.74) is 3.08. The summed E-state index contributed by atoms with van der Waals surface area (Å²) >= 11 is 6.59. The van der Waals surface area contributed by atoms with E-state index >= 15 is 0 Å². The Morgan fingerprint density at radius 3 is 2.64 bits per heavy atom. The molecule has 0 aromatic heterocycles. The van der Waals surface area contributed by atoms with Gasteiger partial charge in [-0.1, -0.05) is 11.6 Å². The van der Waals surface area contributed by atoms with Gasteiger partial charge in [0.15, 0.2) is 17.3 Å². The number of hydrogen-bond donors (Lipinski definition) is 1. The highest BCUT2D eigenvalue weighted by atomic mass is 35.5. The fourth-order valence-corrected chi connectivity index (χ4v) is 4.14. The number of dihydropyridines is 1. The molecule has 6 nitrogen and oxygen atoms in total. The first-order valence-electron chi connectivity index (χ1n) is 9.25. The van der Waals surface area contributed by atoms with E-state index in [2.05, 4.69) is 5.32 Å². The van der Waals surface area contributed by atoms with Gasteiger partial charge >= 0.3 is 5.97 Å². The van der Waals surface area contributed by atoms with E-state index in [1.54, 1.807) is 12.1 Å². The van der Waals surface area contributed by atoms with Gasteiger partial charge in [0.05, 0.1) is 26.4 Å². The normalized spacial score (nSPS) is 19.2. The summed E-state index contributed by atoms with van der Waals surface area (Å²) in [4.78, 5) is 25.5. The molecule has 1 aliphatic carbocycles. The Morgan fingerprint density at radius 2 is 2.00 bits per heavy atom. The van der Waals surface area contributed by atoms with Crippen molar-refractivity contribution in [2.75, 3.05) is 20.8 Å². The Kier molecular flexibility index (Phi) is 5.98. The largest absolute Gasteiger partial charge is 0.493 e. The van der Waals surface area contributed by atoms with E-state index in [1.807, 2.05) is 13.8 Å². The third kappa shape index (κ3) is 3.49. The molecule has 1 atom stereocenters. The van der Waals surface area contributed by atoms with Gasteiger partial charge in [-0.05, 0) is 38.3 Å². The summed E-state index contributed by atoms with van der Waals surface area (Å²) in [6.07, 6.45) is 1.96. The van der Waals surface area contributed by atoms with E-state index < -0.39 is 11.9 Å². The number of halogens is 1. The van der Waals surface area contributed by atoms with E-state index in [0.717, 1.165) is 18.5 Å². The van der Waals surface area contributed by atoms with Crippen LogP contribution in [0.15, 0.2) is 34.7 Å². The summed E-state index contributed by atoms with van der Waals surface area (Å²) in [5, 5.41) is 3.63. The maximum absolute atomic E-state index is 12.8. The quantitative estimate of drug-likeness (QED) is 0.749. The molecule has 1 aliphatic heterocycles. The van der Waals surface area contributed by atoms with Crippen LogP contribution in [0.4, 0.5) is 0 Å². The molecule has 1 N–H and O–H groups in total. The molecule has 28 heavy (non-hydrogen) atoms. The molecule has 1 heterocycles. The Balaban J connectivity index is 2.25. The van der Waals surface area contributed by atoms with E-state index in [0.29, 0.717) is 52.0 Å². The molecule has 0 fully saturated rings. The number of methoxy groups -OCH3 is 2. The minimum Gasteiger partial charge on any atom is -0.493 e. The van der Waals surface area contributed by atoms with Crippen molar-refractivity contribution in [2.24, 2.45) is 0 Å². The molecule has 0 saturated carbocycles. The minimum absolute atomic E-state index is 0.0116. The number of carbonyl (C=O) groups is 2. The van der Waals surface area contributed by atoms with Crippen LogP contribution in [0.25, 0.3) is 0 Å². The zero-order valence-electron chi connectivity index (χ0n) is 16.5. The van der Waals surface area contributed by atoms with Crippen LogP contribution in [0.1, 0.15) is 44.6 Å². The summed E-state index contributed by atoms with van der Waals surface area (Å²) in [6, 6.07) is 3.41. The van der Waals surface area contributed by atoms with Crippen molar-refractivity contribution in [3.8, 4) is 11.5 Å². The number of nitrogens with one attached hydrogen (secondary N) is 1. The summed E-state index contributed by atoms with van der Waals surface area (Å²) < 4.78 is 16.1. The second-order valence-corrected chi connectivity index (χ2v) is 7.12. The Bertz CT molecular complexity index is 887. The van der Waals surface area contributed by atoms with Gasteiger partial charge in [-0.3, -0.25) is 4.79 Å². The number of ether oxygens (including phenoxy) is 3. The van der Waals surface area contributed by atoms with Crippen molar-refractivity contribution in [3.05, 3.63) is 45.3 Å². The van der Waals surface area contributed by atoms with E-state index in [4.69, 9.17) is 25.8 Å². The molecule has 7 heteroatoms. The maximum Gasteiger partial charge on any atom is 0.336 e. The van der Waals surface area contributed by atoms with Crippen LogP contribution in [-0.4, -0.2) is 32.6 Å². The Labute approximate surface area is 169 Å². The molecule has 150 valence electrons. The van der Waals surface area contributed by atoms with Gasteiger partial charge in [-0.2, -0.15) is 0 Å². The van der Waals surface area contributed by atoms with Crippen LogP contribution in [0.3, 0.4) is 0 Å². The van der Waals surface area contributed by atoms with Crippen molar-refractivity contribution >= 4 is 23.4 Å². The smallest absolute Gasteiger partial charge is 0.336 e. The van der Waals surface area contributed by atoms with Gasteiger partial charge in [-0.15, -0.1) is 0 Å². The minimum atomic E-state index is -0.617. The molecule has 1 aromatic carbocycles. The van der Waals surface area contributed by atoms with Crippen molar-refractivity contribution in [2.45, 2.75) is 39.0 Å². The van der Waals surface area contributed by atoms with Gasteiger partial charge in [-0.25, -0.2) is 4.79 Å². The fraction of sp³-hybridized carbons (Fsp3) is 0.429. The Morgan fingerprint density at radius 1 is 1.25 bits per heavy atom. The summed E-state index contributed by atoms with van der Waals surface area (Å²) in [5.74, 6) is -0.0967. The first-order chi connectivity index (χ1) is 13.4. The van der Waals surface area contributed by atoms with Gasteiger partial charge in [0.25, 0.3) is 0 Å². The third-order valence-electron chi connectivity index (χ3n) is 5.07. The zero-order chi connectivity index (χ0) is 20.4. The highest BCUT2D eigenvalue weighted by Gasteiger charge is 2.40. The lowest BCUT2D eigenvalue weighted by Gasteiger charge is -2.34. The first kappa shape index (κ1) is 20.3. The summed E-state index contributed by atoms with van der Waals surface area (Å²) in [7, 11) is 2.86. The SMILES string of the molecule is CCOc1cc([C@H]2C(C(=O)OC)=C(C)NC3=C2C(=O)CCC3)c(Cl)cc1OC. The van der Waals surface area contributed by atoms with Crippen LogP contribution >= 0.6 is 11.6 Å². The van der Waals surface area contributed by atoms with Gasteiger partial charge in [0, 0.05) is 40.4 Å². The average molecular weight is 406 g/mol. The molecular weight excluding hydrogens is 382 g/mol. The monoisotopic (exact) mass is 405 g/mol. The van der Waals surface area contributed by atoms with Gasteiger partial charge < -0.3 is 19.5 Å². The number of benzene rings is 1. The summed E-state index contributed by atoms with van der Waals surface area (Å²) in [6.45, 7) is 4.12. The van der Waals surface area contributed by atoms with Crippen molar-refractivity contribution in [3.63, 3.8) is 0 Å². The van der Waals surface area contributed by atoms with E-state index in [-0.39, 0.29) is 5.78 Å². The van der Waals surface area contributed by atoms with Crippen molar-refractivity contribution in [1.82, 2.24) is 5.32 Å². The average Bonchev–Trinajstić information content (AvgIpc) is 2.67. The number of esters is 1. The van der Waals surface area contributed by atoms with E-state index in [9.17, 15) is 9.59 Å². The molecule has 0 radical (unpaired) electrons.